The van der Waals surface area contributed by atoms with Crippen LogP contribution in [0.15, 0.2) is 60.8 Å². The topological polar surface area (TPSA) is 65.1 Å². The van der Waals surface area contributed by atoms with Gasteiger partial charge in [0.2, 0.25) is 0 Å². The molecule has 3 rings (SSSR count). The summed E-state index contributed by atoms with van der Waals surface area (Å²) >= 11 is 0. The first-order valence-electron chi connectivity index (χ1n) is 7.69. The second-order valence-corrected chi connectivity index (χ2v) is 5.93. The number of H-pyrrole nitrogens is 1. The van der Waals surface area contributed by atoms with E-state index in [1.807, 2.05) is 54.7 Å². The fraction of sp³-hybridized carbons (Fsp3) is 0.211. The molecular formula is C19H20N2O2. The standard InChI is InChI=1S/C19H20N2O2/c1-19(23,16-5-3-2-4-6-16)10-12-21-18(22)15-8-7-14-9-11-20-17(14)13-15/h2-9,11,13,20,23H,10,12H2,1H3,(H,21,22)/t19-/m0/s1. The predicted molar refractivity (Wildman–Crippen MR) is 91.3 cm³/mol. The zero-order valence-corrected chi connectivity index (χ0v) is 13.0. The fourth-order valence-electron chi connectivity index (χ4n) is 2.65. The van der Waals surface area contributed by atoms with E-state index < -0.39 is 5.60 Å². The molecule has 118 valence electrons. The number of amides is 1. The van der Waals surface area contributed by atoms with Crippen molar-refractivity contribution >= 4 is 16.8 Å². The van der Waals surface area contributed by atoms with Gasteiger partial charge in [0.25, 0.3) is 5.91 Å². The van der Waals surface area contributed by atoms with Crippen LogP contribution in [0, 0.1) is 0 Å². The van der Waals surface area contributed by atoms with E-state index in [0.29, 0.717) is 18.5 Å². The first-order valence-corrected chi connectivity index (χ1v) is 7.69. The fourth-order valence-corrected chi connectivity index (χ4v) is 2.65. The highest BCUT2D eigenvalue weighted by molar-refractivity contribution is 5.97. The van der Waals surface area contributed by atoms with Crippen molar-refractivity contribution in [2.24, 2.45) is 0 Å². The van der Waals surface area contributed by atoms with E-state index in [1.54, 1.807) is 13.0 Å². The van der Waals surface area contributed by atoms with Gasteiger partial charge in [-0.15, -0.1) is 0 Å². The van der Waals surface area contributed by atoms with Crippen molar-refractivity contribution in [2.75, 3.05) is 6.54 Å². The van der Waals surface area contributed by atoms with Gasteiger partial charge < -0.3 is 15.4 Å². The lowest BCUT2D eigenvalue weighted by Gasteiger charge is -2.24. The van der Waals surface area contributed by atoms with Crippen molar-refractivity contribution in [2.45, 2.75) is 18.9 Å². The first kappa shape index (κ1) is 15.3. The minimum Gasteiger partial charge on any atom is -0.385 e. The van der Waals surface area contributed by atoms with Crippen molar-refractivity contribution in [1.82, 2.24) is 10.3 Å². The summed E-state index contributed by atoms with van der Waals surface area (Å²) in [6.07, 6.45) is 2.30. The van der Waals surface area contributed by atoms with Crippen LogP contribution >= 0.6 is 0 Å². The molecular weight excluding hydrogens is 288 g/mol. The number of aliphatic hydroxyl groups is 1. The summed E-state index contributed by atoms with van der Waals surface area (Å²) in [4.78, 5) is 15.3. The minimum atomic E-state index is -0.960. The van der Waals surface area contributed by atoms with E-state index in [-0.39, 0.29) is 5.91 Å². The van der Waals surface area contributed by atoms with Gasteiger partial charge in [-0.2, -0.15) is 0 Å². The minimum absolute atomic E-state index is 0.134. The highest BCUT2D eigenvalue weighted by Gasteiger charge is 2.22. The van der Waals surface area contributed by atoms with Gasteiger partial charge in [0.05, 0.1) is 5.60 Å². The number of benzene rings is 2. The molecule has 0 aliphatic carbocycles. The summed E-state index contributed by atoms with van der Waals surface area (Å²) in [7, 11) is 0. The molecule has 2 aromatic carbocycles. The highest BCUT2D eigenvalue weighted by atomic mass is 16.3. The van der Waals surface area contributed by atoms with Crippen LogP contribution in [0.25, 0.3) is 10.9 Å². The highest BCUT2D eigenvalue weighted by Crippen LogP contribution is 2.23. The molecule has 1 amide bonds. The Balaban J connectivity index is 1.60. The summed E-state index contributed by atoms with van der Waals surface area (Å²) in [5, 5.41) is 14.5. The molecule has 1 atom stereocenters. The van der Waals surface area contributed by atoms with E-state index in [1.165, 1.54) is 0 Å². The van der Waals surface area contributed by atoms with E-state index in [9.17, 15) is 9.90 Å². The van der Waals surface area contributed by atoms with Crippen LogP contribution in [0.3, 0.4) is 0 Å². The van der Waals surface area contributed by atoms with Crippen LogP contribution in [0.4, 0.5) is 0 Å². The third kappa shape index (κ3) is 3.43. The van der Waals surface area contributed by atoms with Crippen LogP contribution in [-0.4, -0.2) is 22.5 Å². The van der Waals surface area contributed by atoms with Gasteiger partial charge in [-0.3, -0.25) is 4.79 Å². The molecule has 0 saturated heterocycles. The zero-order chi connectivity index (χ0) is 16.3. The monoisotopic (exact) mass is 308 g/mol. The number of hydrogen-bond acceptors (Lipinski definition) is 2. The van der Waals surface area contributed by atoms with E-state index in [2.05, 4.69) is 10.3 Å². The lowest BCUT2D eigenvalue weighted by molar-refractivity contribution is 0.0475. The van der Waals surface area contributed by atoms with Crippen molar-refractivity contribution in [3.8, 4) is 0 Å². The Morgan fingerprint density at radius 3 is 2.74 bits per heavy atom. The van der Waals surface area contributed by atoms with Gasteiger partial charge in [-0.1, -0.05) is 36.4 Å². The second-order valence-electron chi connectivity index (χ2n) is 5.93. The van der Waals surface area contributed by atoms with Gasteiger partial charge in [0, 0.05) is 23.8 Å². The Hall–Kier alpha value is -2.59. The molecule has 4 nitrogen and oxygen atoms in total. The third-order valence-corrected chi connectivity index (χ3v) is 4.11. The molecule has 0 aliphatic rings. The summed E-state index contributed by atoms with van der Waals surface area (Å²) < 4.78 is 0. The van der Waals surface area contributed by atoms with Crippen molar-refractivity contribution in [1.29, 1.82) is 0 Å². The lowest BCUT2D eigenvalue weighted by atomic mass is 9.92. The second kappa shape index (κ2) is 6.26. The van der Waals surface area contributed by atoms with Crippen LogP contribution in [0.2, 0.25) is 0 Å². The van der Waals surface area contributed by atoms with Gasteiger partial charge in [0.1, 0.15) is 0 Å². The Labute approximate surface area is 135 Å². The molecule has 1 heterocycles. The quantitative estimate of drug-likeness (QED) is 0.677. The molecule has 23 heavy (non-hydrogen) atoms. The Morgan fingerprint density at radius 2 is 1.96 bits per heavy atom. The first-order chi connectivity index (χ1) is 11.1. The molecule has 0 radical (unpaired) electrons. The summed E-state index contributed by atoms with van der Waals surface area (Å²) in [6.45, 7) is 2.17. The molecule has 3 N–H and O–H groups in total. The van der Waals surface area contributed by atoms with Crippen LogP contribution < -0.4 is 5.32 Å². The number of aromatic amines is 1. The predicted octanol–water partition coefficient (Wildman–Crippen LogP) is 3.20. The number of carbonyl (C=O) groups excluding carboxylic acids is 1. The number of carbonyl (C=O) groups is 1. The summed E-state index contributed by atoms with van der Waals surface area (Å²) in [5.74, 6) is -0.134. The number of hydrogen-bond donors (Lipinski definition) is 3. The molecule has 3 aromatic rings. The maximum Gasteiger partial charge on any atom is 0.251 e. The Bertz CT molecular complexity index is 806. The average molecular weight is 308 g/mol. The molecule has 0 unspecified atom stereocenters. The number of nitrogens with one attached hydrogen (secondary N) is 2. The maximum atomic E-state index is 12.2. The van der Waals surface area contributed by atoms with Gasteiger partial charge >= 0.3 is 0 Å². The maximum absolute atomic E-state index is 12.2. The number of fused-ring (bicyclic) bond motifs is 1. The van der Waals surface area contributed by atoms with E-state index >= 15 is 0 Å². The summed E-state index contributed by atoms with van der Waals surface area (Å²) in [5.41, 5.74) is 1.44. The van der Waals surface area contributed by atoms with E-state index in [4.69, 9.17) is 0 Å². The van der Waals surface area contributed by atoms with Crippen LogP contribution in [-0.2, 0) is 5.60 Å². The van der Waals surface area contributed by atoms with Gasteiger partial charge in [-0.25, -0.2) is 0 Å². The van der Waals surface area contributed by atoms with Crippen molar-refractivity contribution in [3.63, 3.8) is 0 Å². The molecule has 0 bridgehead atoms. The third-order valence-electron chi connectivity index (χ3n) is 4.11. The summed E-state index contributed by atoms with van der Waals surface area (Å²) in [6, 6.07) is 17.0. The smallest absolute Gasteiger partial charge is 0.251 e. The number of aromatic nitrogens is 1. The van der Waals surface area contributed by atoms with Crippen LogP contribution in [0.5, 0.6) is 0 Å². The van der Waals surface area contributed by atoms with E-state index in [0.717, 1.165) is 16.5 Å². The van der Waals surface area contributed by atoms with Gasteiger partial charge in [0.15, 0.2) is 0 Å². The van der Waals surface area contributed by atoms with Crippen molar-refractivity contribution < 1.29 is 9.90 Å². The number of rotatable bonds is 5. The molecule has 1 aromatic heterocycles. The molecule has 0 spiro atoms. The largest absolute Gasteiger partial charge is 0.385 e. The molecule has 0 saturated carbocycles. The normalized spacial score (nSPS) is 13.7. The van der Waals surface area contributed by atoms with Crippen molar-refractivity contribution in [3.05, 3.63) is 71.9 Å². The molecule has 0 aliphatic heterocycles. The SMILES string of the molecule is C[C@](O)(CCNC(=O)c1ccc2cc[nH]c2c1)c1ccccc1. The van der Waals surface area contributed by atoms with Gasteiger partial charge in [-0.05, 0) is 42.5 Å². The Kier molecular flexibility index (Phi) is 4.17. The lowest BCUT2D eigenvalue weighted by Crippen LogP contribution is -2.31. The molecule has 0 fully saturated rings. The average Bonchev–Trinajstić information content (AvgIpc) is 3.03. The van der Waals surface area contributed by atoms with Crippen LogP contribution in [0.1, 0.15) is 29.3 Å². The Morgan fingerprint density at radius 1 is 1.17 bits per heavy atom. The molecule has 4 heteroatoms. The zero-order valence-electron chi connectivity index (χ0n) is 13.0.